The Balaban J connectivity index is 2.05. The molecule has 13 heavy (non-hydrogen) atoms. The molecular weight excluding hydrogens is 162 g/mol. The first kappa shape index (κ1) is 11.0. The van der Waals surface area contributed by atoms with Crippen molar-refractivity contribution in [1.82, 2.24) is 10.6 Å². The Labute approximate surface area is 81.5 Å². The molecule has 0 aromatic heterocycles. The molecule has 4 N–H and O–H groups in total. The van der Waals surface area contributed by atoms with Crippen molar-refractivity contribution in [2.75, 3.05) is 19.6 Å². The van der Waals surface area contributed by atoms with E-state index < -0.39 is 0 Å². The van der Waals surface area contributed by atoms with Gasteiger partial charge in [0.1, 0.15) is 0 Å². The Bertz CT molecular complexity index is 127. The smallest absolute Gasteiger partial charge is 0.0219 e. The van der Waals surface area contributed by atoms with Crippen molar-refractivity contribution >= 4 is 0 Å². The molecule has 0 aromatic rings. The standard InChI is InChI=1S/C10H23N3/c1-2-12-7-8-13-10-6-4-3-5-9(10)11/h9-10,12-13H,2-8,11H2,1H3/t9?,10-/m1/s1. The predicted octanol–water partition coefficient (Wildman–Crippen LogP) is 0.455. The van der Waals surface area contributed by atoms with Crippen molar-refractivity contribution in [3.63, 3.8) is 0 Å². The van der Waals surface area contributed by atoms with Gasteiger partial charge < -0.3 is 16.4 Å². The summed E-state index contributed by atoms with van der Waals surface area (Å²) < 4.78 is 0. The van der Waals surface area contributed by atoms with Crippen molar-refractivity contribution in [2.24, 2.45) is 5.73 Å². The molecule has 1 rings (SSSR count). The fraction of sp³-hybridized carbons (Fsp3) is 1.00. The topological polar surface area (TPSA) is 50.1 Å². The molecule has 0 heterocycles. The van der Waals surface area contributed by atoms with Gasteiger partial charge in [-0.3, -0.25) is 0 Å². The highest BCUT2D eigenvalue weighted by molar-refractivity contribution is 4.83. The number of rotatable bonds is 5. The Kier molecular flexibility index (Phi) is 5.35. The van der Waals surface area contributed by atoms with Gasteiger partial charge in [0.25, 0.3) is 0 Å². The van der Waals surface area contributed by atoms with Crippen LogP contribution >= 0.6 is 0 Å². The summed E-state index contributed by atoms with van der Waals surface area (Å²) in [4.78, 5) is 0. The van der Waals surface area contributed by atoms with E-state index in [1.54, 1.807) is 0 Å². The lowest BCUT2D eigenvalue weighted by molar-refractivity contribution is 0.328. The van der Waals surface area contributed by atoms with Crippen LogP contribution in [0, 0.1) is 0 Å². The average molecular weight is 185 g/mol. The molecule has 0 radical (unpaired) electrons. The van der Waals surface area contributed by atoms with Gasteiger partial charge in [-0.25, -0.2) is 0 Å². The molecule has 1 unspecified atom stereocenters. The Morgan fingerprint density at radius 1 is 1.23 bits per heavy atom. The number of hydrogen-bond donors (Lipinski definition) is 3. The van der Waals surface area contributed by atoms with Crippen molar-refractivity contribution in [3.8, 4) is 0 Å². The second kappa shape index (κ2) is 6.35. The second-order valence-corrected chi connectivity index (χ2v) is 3.86. The summed E-state index contributed by atoms with van der Waals surface area (Å²) in [6, 6.07) is 0.947. The largest absolute Gasteiger partial charge is 0.326 e. The fourth-order valence-corrected chi connectivity index (χ4v) is 1.94. The van der Waals surface area contributed by atoms with E-state index in [0.717, 1.165) is 19.6 Å². The van der Waals surface area contributed by atoms with Crippen LogP contribution in [0.25, 0.3) is 0 Å². The molecule has 0 amide bonds. The molecule has 78 valence electrons. The lowest BCUT2D eigenvalue weighted by Gasteiger charge is -2.29. The van der Waals surface area contributed by atoms with Gasteiger partial charge in [0.05, 0.1) is 0 Å². The normalized spacial score (nSPS) is 29.1. The van der Waals surface area contributed by atoms with E-state index in [1.165, 1.54) is 25.7 Å². The first-order valence-corrected chi connectivity index (χ1v) is 5.54. The summed E-state index contributed by atoms with van der Waals surface area (Å²) in [5, 5.41) is 6.82. The molecule has 1 aliphatic rings. The van der Waals surface area contributed by atoms with Gasteiger partial charge in [0.15, 0.2) is 0 Å². The van der Waals surface area contributed by atoms with E-state index in [-0.39, 0.29) is 0 Å². The van der Waals surface area contributed by atoms with E-state index in [1.807, 2.05) is 0 Å². The highest BCUT2D eigenvalue weighted by atomic mass is 15.0. The first-order chi connectivity index (χ1) is 6.34. The van der Waals surface area contributed by atoms with Gasteiger partial charge in [-0.15, -0.1) is 0 Å². The highest BCUT2D eigenvalue weighted by Crippen LogP contribution is 2.16. The highest BCUT2D eigenvalue weighted by Gasteiger charge is 2.20. The summed E-state index contributed by atoms with van der Waals surface area (Å²) in [5.41, 5.74) is 6.01. The summed E-state index contributed by atoms with van der Waals surface area (Å²) in [6.45, 7) is 5.29. The van der Waals surface area contributed by atoms with Gasteiger partial charge in [-0.2, -0.15) is 0 Å². The van der Waals surface area contributed by atoms with Crippen molar-refractivity contribution in [2.45, 2.75) is 44.7 Å². The summed E-state index contributed by atoms with van der Waals surface area (Å²) in [6.07, 6.45) is 5.10. The van der Waals surface area contributed by atoms with Crippen LogP contribution in [0.5, 0.6) is 0 Å². The SMILES string of the molecule is CCNCCN[C@@H]1CCCCC1N. The lowest BCUT2D eigenvalue weighted by Crippen LogP contribution is -2.48. The van der Waals surface area contributed by atoms with Crippen LogP contribution in [0.4, 0.5) is 0 Å². The molecule has 0 saturated heterocycles. The molecule has 1 saturated carbocycles. The quantitative estimate of drug-likeness (QED) is 0.545. The van der Waals surface area contributed by atoms with E-state index in [0.29, 0.717) is 12.1 Å². The molecule has 1 aliphatic carbocycles. The fourth-order valence-electron chi connectivity index (χ4n) is 1.94. The van der Waals surface area contributed by atoms with Crippen LogP contribution in [0.3, 0.4) is 0 Å². The summed E-state index contributed by atoms with van der Waals surface area (Å²) >= 11 is 0. The Morgan fingerprint density at radius 3 is 2.69 bits per heavy atom. The third kappa shape index (κ3) is 4.07. The average Bonchev–Trinajstić information content (AvgIpc) is 2.15. The minimum atomic E-state index is 0.385. The predicted molar refractivity (Wildman–Crippen MR) is 56.8 cm³/mol. The first-order valence-electron chi connectivity index (χ1n) is 5.54. The van der Waals surface area contributed by atoms with Crippen LogP contribution in [0.1, 0.15) is 32.6 Å². The van der Waals surface area contributed by atoms with Crippen LogP contribution in [-0.4, -0.2) is 31.7 Å². The van der Waals surface area contributed by atoms with Crippen molar-refractivity contribution < 1.29 is 0 Å². The zero-order valence-corrected chi connectivity index (χ0v) is 8.68. The number of hydrogen-bond acceptors (Lipinski definition) is 3. The summed E-state index contributed by atoms with van der Waals surface area (Å²) in [5.74, 6) is 0. The number of likely N-dealkylation sites (N-methyl/N-ethyl adjacent to an activating group) is 1. The van der Waals surface area contributed by atoms with Crippen molar-refractivity contribution in [3.05, 3.63) is 0 Å². The van der Waals surface area contributed by atoms with E-state index in [4.69, 9.17) is 5.73 Å². The van der Waals surface area contributed by atoms with E-state index >= 15 is 0 Å². The molecular formula is C10H23N3. The van der Waals surface area contributed by atoms with Crippen LogP contribution in [-0.2, 0) is 0 Å². The minimum absolute atomic E-state index is 0.385. The maximum atomic E-state index is 6.01. The van der Waals surface area contributed by atoms with Gasteiger partial charge in [0, 0.05) is 25.2 Å². The van der Waals surface area contributed by atoms with Crippen LogP contribution in [0.2, 0.25) is 0 Å². The monoisotopic (exact) mass is 185 g/mol. The third-order valence-corrected chi connectivity index (χ3v) is 2.78. The van der Waals surface area contributed by atoms with Gasteiger partial charge >= 0.3 is 0 Å². The lowest BCUT2D eigenvalue weighted by atomic mass is 9.91. The minimum Gasteiger partial charge on any atom is -0.326 e. The molecule has 0 aliphatic heterocycles. The molecule has 3 nitrogen and oxygen atoms in total. The maximum absolute atomic E-state index is 6.01. The van der Waals surface area contributed by atoms with Gasteiger partial charge in [0.2, 0.25) is 0 Å². The molecule has 2 atom stereocenters. The van der Waals surface area contributed by atoms with Gasteiger partial charge in [-0.05, 0) is 19.4 Å². The van der Waals surface area contributed by atoms with E-state index in [9.17, 15) is 0 Å². The number of nitrogens with two attached hydrogens (primary N) is 1. The Morgan fingerprint density at radius 2 is 2.00 bits per heavy atom. The molecule has 0 bridgehead atoms. The zero-order valence-electron chi connectivity index (χ0n) is 8.68. The third-order valence-electron chi connectivity index (χ3n) is 2.78. The Hall–Kier alpha value is -0.120. The van der Waals surface area contributed by atoms with E-state index in [2.05, 4.69) is 17.6 Å². The summed E-state index contributed by atoms with van der Waals surface area (Å²) in [7, 11) is 0. The zero-order chi connectivity index (χ0) is 9.52. The number of nitrogens with one attached hydrogen (secondary N) is 2. The van der Waals surface area contributed by atoms with Crippen LogP contribution in [0.15, 0.2) is 0 Å². The molecule has 0 spiro atoms. The van der Waals surface area contributed by atoms with Gasteiger partial charge in [-0.1, -0.05) is 19.8 Å². The maximum Gasteiger partial charge on any atom is 0.0219 e. The molecule has 0 aromatic carbocycles. The second-order valence-electron chi connectivity index (χ2n) is 3.86. The van der Waals surface area contributed by atoms with Crippen molar-refractivity contribution in [1.29, 1.82) is 0 Å². The van der Waals surface area contributed by atoms with Crippen LogP contribution < -0.4 is 16.4 Å². The molecule has 1 fully saturated rings. The molecule has 3 heteroatoms.